The van der Waals surface area contributed by atoms with Crippen LogP contribution in [0.1, 0.15) is 12.5 Å². The van der Waals surface area contributed by atoms with Crippen LogP contribution in [0, 0.1) is 5.82 Å². The number of carbonyl (C=O) groups is 1. The number of hydrogen-bond donors (Lipinski definition) is 1. The van der Waals surface area contributed by atoms with Crippen LogP contribution in [0.5, 0.6) is 0 Å². The number of sulfonamides is 1. The number of nitrogens with zero attached hydrogens (tertiary/aromatic N) is 1. The summed E-state index contributed by atoms with van der Waals surface area (Å²) in [5, 5.41) is 1.64. The van der Waals surface area contributed by atoms with Gasteiger partial charge in [-0.2, -0.15) is 4.72 Å². The molecule has 0 fully saturated rings. The number of halogens is 1. The van der Waals surface area contributed by atoms with E-state index in [9.17, 15) is 17.6 Å². The molecule has 1 heterocycles. The second kappa shape index (κ2) is 8.37. The second-order valence-electron chi connectivity index (χ2n) is 5.37. The van der Waals surface area contributed by atoms with Gasteiger partial charge in [0.15, 0.2) is 0 Å². The Labute approximate surface area is 150 Å². The van der Waals surface area contributed by atoms with Gasteiger partial charge in [0.25, 0.3) is 10.0 Å². The van der Waals surface area contributed by atoms with E-state index in [1.165, 1.54) is 30.0 Å². The van der Waals surface area contributed by atoms with Gasteiger partial charge in [-0.25, -0.2) is 12.8 Å². The van der Waals surface area contributed by atoms with Crippen molar-refractivity contribution in [1.82, 2.24) is 9.62 Å². The molecule has 1 amide bonds. The average molecular weight is 382 g/mol. The van der Waals surface area contributed by atoms with E-state index >= 15 is 0 Å². The highest BCUT2D eigenvalue weighted by molar-refractivity contribution is 7.91. The van der Waals surface area contributed by atoms with Crippen LogP contribution in [0.3, 0.4) is 0 Å². The second-order valence-corrected chi connectivity index (χ2v) is 8.26. The molecular weight excluding hydrogens is 363 g/mol. The van der Waals surface area contributed by atoms with Gasteiger partial charge in [-0.05, 0) is 24.4 Å². The first-order valence-electron chi connectivity index (χ1n) is 7.54. The molecule has 0 aliphatic heterocycles. The number of benzene rings is 1. The largest absolute Gasteiger partial charge is 0.333 e. The normalized spacial score (nSPS) is 12.6. The van der Waals surface area contributed by atoms with E-state index in [-0.39, 0.29) is 17.3 Å². The molecule has 0 aliphatic carbocycles. The summed E-state index contributed by atoms with van der Waals surface area (Å²) in [6.45, 7) is 5.27. The monoisotopic (exact) mass is 382 g/mol. The minimum absolute atomic E-state index is 0.0304. The number of rotatable bonds is 8. The van der Waals surface area contributed by atoms with Gasteiger partial charge in [0.2, 0.25) is 5.91 Å². The molecule has 2 aromatic rings. The van der Waals surface area contributed by atoms with Gasteiger partial charge in [0, 0.05) is 18.7 Å². The minimum atomic E-state index is -3.77. The molecule has 5 nitrogen and oxygen atoms in total. The van der Waals surface area contributed by atoms with Gasteiger partial charge >= 0.3 is 0 Å². The Morgan fingerprint density at radius 1 is 1.36 bits per heavy atom. The molecule has 1 aromatic carbocycles. The molecule has 1 atom stereocenters. The molecule has 0 bridgehead atoms. The molecule has 2 rings (SSSR count). The first-order chi connectivity index (χ1) is 11.8. The van der Waals surface area contributed by atoms with E-state index in [1.807, 2.05) is 0 Å². The fourth-order valence-corrected chi connectivity index (χ4v) is 4.46. The maximum Gasteiger partial charge on any atom is 0.250 e. The topological polar surface area (TPSA) is 66.5 Å². The molecule has 0 radical (unpaired) electrons. The molecule has 25 heavy (non-hydrogen) atoms. The van der Waals surface area contributed by atoms with E-state index < -0.39 is 27.8 Å². The summed E-state index contributed by atoms with van der Waals surface area (Å²) in [6.07, 6.45) is 1.51. The van der Waals surface area contributed by atoms with Gasteiger partial charge in [-0.15, -0.1) is 17.9 Å². The maximum absolute atomic E-state index is 13.8. The molecule has 0 saturated carbocycles. The number of carbonyl (C=O) groups excluding carboxylic acids is 1. The highest BCUT2D eigenvalue weighted by Crippen LogP contribution is 2.17. The van der Waals surface area contributed by atoms with Crippen molar-refractivity contribution < 1.29 is 17.6 Å². The van der Waals surface area contributed by atoms with Gasteiger partial charge in [-0.1, -0.05) is 30.3 Å². The quantitative estimate of drug-likeness (QED) is 0.714. The Morgan fingerprint density at radius 2 is 2.08 bits per heavy atom. The predicted molar refractivity (Wildman–Crippen MR) is 96.1 cm³/mol. The zero-order chi connectivity index (χ0) is 18.4. The third kappa shape index (κ3) is 4.97. The van der Waals surface area contributed by atoms with Crippen molar-refractivity contribution in [3.63, 3.8) is 0 Å². The van der Waals surface area contributed by atoms with Crippen LogP contribution in [-0.4, -0.2) is 31.8 Å². The Balaban J connectivity index is 2.13. The van der Waals surface area contributed by atoms with Gasteiger partial charge < -0.3 is 4.90 Å². The molecular formula is C17H19FN2O3S2. The van der Waals surface area contributed by atoms with Crippen LogP contribution in [0.25, 0.3) is 0 Å². The van der Waals surface area contributed by atoms with Crippen molar-refractivity contribution in [2.75, 3.05) is 6.54 Å². The smallest absolute Gasteiger partial charge is 0.250 e. The Morgan fingerprint density at radius 3 is 2.68 bits per heavy atom. The van der Waals surface area contributed by atoms with Crippen LogP contribution in [0.2, 0.25) is 0 Å². The van der Waals surface area contributed by atoms with E-state index in [0.717, 1.165) is 11.3 Å². The number of thiophene rings is 1. The lowest BCUT2D eigenvalue weighted by molar-refractivity contribution is -0.132. The molecule has 8 heteroatoms. The van der Waals surface area contributed by atoms with Crippen LogP contribution in [0.4, 0.5) is 4.39 Å². The molecule has 0 aliphatic rings. The molecule has 0 spiro atoms. The highest BCUT2D eigenvalue weighted by Gasteiger charge is 2.26. The Hall–Kier alpha value is -2.03. The third-order valence-electron chi connectivity index (χ3n) is 3.44. The summed E-state index contributed by atoms with van der Waals surface area (Å²) in [5.74, 6) is -0.875. The van der Waals surface area contributed by atoms with Crippen LogP contribution >= 0.6 is 11.3 Å². The van der Waals surface area contributed by atoms with Crippen LogP contribution in [-0.2, 0) is 21.4 Å². The fraction of sp³-hybridized carbons (Fsp3) is 0.235. The van der Waals surface area contributed by atoms with Gasteiger partial charge in [-0.3, -0.25) is 4.79 Å². The lowest BCUT2D eigenvalue weighted by atomic mass is 10.2. The lowest BCUT2D eigenvalue weighted by Crippen LogP contribution is -2.46. The Kier molecular flexibility index (Phi) is 6.46. The molecule has 1 aromatic heterocycles. The SMILES string of the molecule is C=CCN(Cc1ccccc1F)C(=O)C(C)NS(=O)(=O)c1cccs1. The fourth-order valence-electron chi connectivity index (χ4n) is 2.25. The van der Waals surface area contributed by atoms with E-state index in [0.29, 0.717) is 5.56 Å². The van der Waals surface area contributed by atoms with Crippen LogP contribution in [0.15, 0.2) is 58.6 Å². The predicted octanol–water partition coefficient (Wildman–Crippen LogP) is 2.77. The van der Waals surface area contributed by atoms with Gasteiger partial charge in [0.05, 0.1) is 6.04 Å². The van der Waals surface area contributed by atoms with Gasteiger partial charge in [0.1, 0.15) is 10.0 Å². The standard InChI is InChI=1S/C17H19FN2O3S2/c1-3-10-20(12-14-7-4-5-8-15(14)18)17(21)13(2)19-25(22,23)16-9-6-11-24-16/h3-9,11,13,19H,1,10,12H2,2H3. The lowest BCUT2D eigenvalue weighted by Gasteiger charge is -2.25. The van der Waals surface area contributed by atoms with Crippen molar-refractivity contribution in [2.24, 2.45) is 0 Å². The summed E-state index contributed by atoms with van der Waals surface area (Å²) in [5.41, 5.74) is 0.353. The first-order valence-corrected chi connectivity index (χ1v) is 9.90. The summed E-state index contributed by atoms with van der Waals surface area (Å²) < 4.78 is 40.8. The van der Waals surface area contributed by atoms with Crippen LogP contribution < -0.4 is 4.72 Å². The molecule has 1 unspecified atom stereocenters. The Bertz CT molecular complexity index is 835. The summed E-state index contributed by atoms with van der Waals surface area (Å²) in [7, 11) is -3.77. The maximum atomic E-state index is 13.8. The van der Waals surface area contributed by atoms with Crippen molar-refractivity contribution >= 4 is 27.3 Å². The minimum Gasteiger partial charge on any atom is -0.333 e. The number of nitrogens with one attached hydrogen (secondary N) is 1. The molecule has 134 valence electrons. The number of hydrogen-bond acceptors (Lipinski definition) is 4. The summed E-state index contributed by atoms with van der Waals surface area (Å²) in [4.78, 5) is 14.0. The van der Waals surface area contributed by atoms with E-state index in [2.05, 4.69) is 11.3 Å². The third-order valence-corrected chi connectivity index (χ3v) is 6.38. The van der Waals surface area contributed by atoms with E-state index in [4.69, 9.17) is 0 Å². The van der Waals surface area contributed by atoms with Crippen molar-refractivity contribution in [3.8, 4) is 0 Å². The number of amides is 1. The summed E-state index contributed by atoms with van der Waals surface area (Å²) >= 11 is 1.07. The van der Waals surface area contributed by atoms with Crippen molar-refractivity contribution in [1.29, 1.82) is 0 Å². The average Bonchev–Trinajstić information content (AvgIpc) is 3.10. The van der Waals surface area contributed by atoms with Crippen molar-refractivity contribution in [2.45, 2.75) is 23.7 Å². The summed E-state index contributed by atoms with van der Waals surface area (Å²) in [6, 6.07) is 8.24. The molecule has 1 N–H and O–H groups in total. The molecule has 0 saturated heterocycles. The highest BCUT2D eigenvalue weighted by atomic mass is 32.2. The van der Waals surface area contributed by atoms with Crippen molar-refractivity contribution in [3.05, 3.63) is 65.8 Å². The zero-order valence-electron chi connectivity index (χ0n) is 13.7. The first kappa shape index (κ1) is 19.3. The van der Waals surface area contributed by atoms with E-state index in [1.54, 1.807) is 29.6 Å². The zero-order valence-corrected chi connectivity index (χ0v) is 15.3.